The third-order valence-electron chi connectivity index (χ3n) is 6.44. The Bertz CT molecular complexity index is 826. The van der Waals surface area contributed by atoms with Crippen LogP contribution in [0.5, 0.6) is 0 Å². The molecule has 7 nitrogen and oxygen atoms in total. The first-order valence-electron chi connectivity index (χ1n) is 9.77. The van der Waals surface area contributed by atoms with Crippen molar-refractivity contribution in [3.63, 3.8) is 0 Å². The third-order valence-corrected chi connectivity index (χ3v) is 6.44. The minimum Gasteiger partial charge on any atom is -0.377 e. The van der Waals surface area contributed by atoms with Crippen molar-refractivity contribution >= 4 is 11.6 Å². The molecule has 7 heteroatoms. The van der Waals surface area contributed by atoms with Crippen LogP contribution in [0.4, 0.5) is 0 Å². The number of ether oxygens (including phenoxy) is 1. The van der Waals surface area contributed by atoms with Gasteiger partial charge in [-0.3, -0.25) is 4.40 Å². The molecule has 1 aliphatic heterocycles. The van der Waals surface area contributed by atoms with E-state index in [-0.39, 0.29) is 0 Å². The van der Waals surface area contributed by atoms with E-state index >= 15 is 0 Å². The molecule has 2 aliphatic carbocycles. The minimum absolute atomic E-state index is 0.346. The van der Waals surface area contributed by atoms with Crippen molar-refractivity contribution in [3.8, 4) is 0 Å². The smallest absolute Gasteiger partial charge is 0.191 e. The first-order chi connectivity index (χ1) is 12.8. The molecule has 2 aromatic rings. The van der Waals surface area contributed by atoms with Crippen LogP contribution in [0.25, 0.3) is 5.65 Å². The van der Waals surface area contributed by atoms with Crippen LogP contribution in [-0.4, -0.2) is 45.9 Å². The van der Waals surface area contributed by atoms with Gasteiger partial charge in [0.2, 0.25) is 0 Å². The van der Waals surface area contributed by atoms with Gasteiger partial charge in [0.25, 0.3) is 0 Å². The van der Waals surface area contributed by atoms with Crippen LogP contribution in [0.2, 0.25) is 0 Å². The molecule has 3 atom stereocenters. The molecule has 3 unspecified atom stereocenters. The lowest BCUT2D eigenvalue weighted by atomic mass is 9.46. The summed E-state index contributed by atoms with van der Waals surface area (Å²) >= 11 is 0. The van der Waals surface area contributed by atoms with E-state index in [2.05, 4.69) is 27.8 Å². The van der Waals surface area contributed by atoms with E-state index in [9.17, 15) is 0 Å². The fourth-order valence-corrected chi connectivity index (χ4v) is 5.07. The van der Waals surface area contributed by atoms with E-state index in [0.29, 0.717) is 30.0 Å². The summed E-state index contributed by atoms with van der Waals surface area (Å²) in [6.07, 6.45) is 7.50. The van der Waals surface area contributed by atoms with Crippen molar-refractivity contribution in [2.75, 3.05) is 13.2 Å². The summed E-state index contributed by atoms with van der Waals surface area (Å²) in [4.78, 5) is 4.80. The summed E-state index contributed by atoms with van der Waals surface area (Å²) in [6.45, 7) is 4.36. The lowest BCUT2D eigenvalue weighted by Gasteiger charge is -2.63. The second-order valence-corrected chi connectivity index (χ2v) is 7.69. The number of hydrogen-bond acceptors (Lipinski definition) is 4. The number of aromatic nitrogens is 3. The fraction of sp³-hybridized carbons (Fsp3) is 0.632. The number of nitrogens with zero attached hydrogens (tertiary/aromatic N) is 4. The molecule has 1 saturated heterocycles. The zero-order valence-corrected chi connectivity index (χ0v) is 15.2. The van der Waals surface area contributed by atoms with Crippen LogP contribution in [-0.2, 0) is 11.3 Å². The normalized spacial score (nSPS) is 29.3. The maximum absolute atomic E-state index is 6.03. The van der Waals surface area contributed by atoms with Gasteiger partial charge in [0.1, 0.15) is 6.54 Å². The maximum Gasteiger partial charge on any atom is 0.191 e. The van der Waals surface area contributed by atoms with E-state index in [1.54, 1.807) is 0 Å². The SMILES string of the molecule is CCNC(=NCc1nnc2ccccn12)NC1C2CCOC2C12CCC2. The summed E-state index contributed by atoms with van der Waals surface area (Å²) in [5.41, 5.74) is 1.20. The third kappa shape index (κ3) is 2.33. The van der Waals surface area contributed by atoms with E-state index < -0.39 is 0 Å². The first-order valence-corrected chi connectivity index (χ1v) is 9.77. The largest absolute Gasteiger partial charge is 0.377 e. The second kappa shape index (κ2) is 6.23. The predicted molar refractivity (Wildman–Crippen MR) is 98.9 cm³/mol. The standard InChI is InChI=1S/C19H26N6O/c1-2-20-18(21-12-15-24-23-14-6-3-4-10-25(14)15)22-16-13-7-11-26-17(13)19(16)8-5-9-19/h3-4,6,10,13,16-17H,2,5,7-9,11-12H2,1H3,(H2,20,21,22). The number of guanidine groups is 1. The van der Waals surface area contributed by atoms with Gasteiger partial charge in [-0.25, -0.2) is 4.99 Å². The number of nitrogens with one attached hydrogen (secondary N) is 2. The van der Waals surface area contributed by atoms with Crippen LogP contribution in [0.1, 0.15) is 38.4 Å². The van der Waals surface area contributed by atoms with Crippen molar-refractivity contribution in [3.05, 3.63) is 30.2 Å². The average molecular weight is 354 g/mol. The maximum atomic E-state index is 6.03. The predicted octanol–water partition coefficient (Wildman–Crippen LogP) is 1.74. The molecular weight excluding hydrogens is 328 g/mol. The van der Waals surface area contributed by atoms with E-state index in [1.807, 2.05) is 28.8 Å². The monoisotopic (exact) mass is 354 g/mol. The molecule has 2 N–H and O–H groups in total. The second-order valence-electron chi connectivity index (χ2n) is 7.69. The number of rotatable bonds is 4. The zero-order valence-electron chi connectivity index (χ0n) is 15.2. The van der Waals surface area contributed by atoms with Crippen molar-refractivity contribution < 1.29 is 4.74 Å². The van der Waals surface area contributed by atoms with Crippen molar-refractivity contribution in [1.82, 2.24) is 25.2 Å². The Balaban J connectivity index is 1.34. The highest BCUT2D eigenvalue weighted by Gasteiger charge is 2.66. The van der Waals surface area contributed by atoms with E-state index in [4.69, 9.17) is 9.73 Å². The van der Waals surface area contributed by atoms with Gasteiger partial charge in [-0.1, -0.05) is 12.5 Å². The molecule has 26 heavy (non-hydrogen) atoms. The van der Waals surface area contributed by atoms with E-state index in [0.717, 1.165) is 37.0 Å². The molecule has 3 fully saturated rings. The fourth-order valence-electron chi connectivity index (χ4n) is 5.07. The van der Waals surface area contributed by atoms with Gasteiger partial charge in [-0.2, -0.15) is 0 Å². The minimum atomic E-state index is 0.346. The Hall–Kier alpha value is -2.15. The highest BCUT2D eigenvalue weighted by Crippen LogP contribution is 2.62. The molecule has 0 aromatic carbocycles. The van der Waals surface area contributed by atoms with Gasteiger partial charge in [-0.05, 0) is 38.3 Å². The molecule has 2 saturated carbocycles. The van der Waals surface area contributed by atoms with Gasteiger partial charge in [0.15, 0.2) is 17.4 Å². The number of pyridine rings is 1. The summed E-state index contributed by atoms with van der Waals surface area (Å²) < 4.78 is 8.02. The van der Waals surface area contributed by atoms with E-state index in [1.165, 1.54) is 19.3 Å². The van der Waals surface area contributed by atoms with Crippen LogP contribution in [0.15, 0.2) is 29.4 Å². The number of hydrogen-bond donors (Lipinski definition) is 2. The van der Waals surface area contributed by atoms with Gasteiger partial charge in [0.05, 0.1) is 6.10 Å². The van der Waals surface area contributed by atoms with Gasteiger partial charge in [-0.15, -0.1) is 10.2 Å². The van der Waals surface area contributed by atoms with Crippen molar-refractivity contribution in [2.45, 2.75) is 51.3 Å². The Kier molecular flexibility index (Phi) is 3.85. The van der Waals surface area contributed by atoms with Gasteiger partial charge < -0.3 is 15.4 Å². The van der Waals surface area contributed by atoms with Crippen LogP contribution in [0.3, 0.4) is 0 Å². The van der Waals surface area contributed by atoms with Crippen LogP contribution in [0, 0.1) is 11.3 Å². The molecule has 5 rings (SSSR count). The van der Waals surface area contributed by atoms with Gasteiger partial charge in [0, 0.05) is 36.7 Å². The number of fused-ring (bicyclic) bond motifs is 3. The molecule has 138 valence electrons. The average Bonchev–Trinajstić information content (AvgIpc) is 3.21. The summed E-state index contributed by atoms with van der Waals surface area (Å²) in [5.74, 6) is 2.36. The summed E-state index contributed by atoms with van der Waals surface area (Å²) in [6, 6.07) is 6.40. The highest BCUT2D eigenvalue weighted by molar-refractivity contribution is 5.80. The molecule has 0 bridgehead atoms. The topological polar surface area (TPSA) is 75.8 Å². The van der Waals surface area contributed by atoms with Crippen molar-refractivity contribution in [2.24, 2.45) is 16.3 Å². The quantitative estimate of drug-likeness (QED) is 0.646. The Morgan fingerprint density at radius 3 is 3.12 bits per heavy atom. The lowest BCUT2D eigenvalue weighted by Crippen LogP contribution is -2.72. The molecule has 0 radical (unpaired) electrons. The Labute approximate surface area is 153 Å². The molecule has 2 aromatic heterocycles. The molecule has 0 amide bonds. The highest BCUT2D eigenvalue weighted by atomic mass is 16.5. The molecule has 1 spiro atoms. The summed E-state index contributed by atoms with van der Waals surface area (Å²) in [5, 5.41) is 15.6. The molecule has 3 heterocycles. The Morgan fingerprint density at radius 2 is 2.31 bits per heavy atom. The van der Waals surface area contributed by atoms with Crippen molar-refractivity contribution in [1.29, 1.82) is 0 Å². The molecular formula is C19H26N6O. The van der Waals surface area contributed by atoms with Crippen LogP contribution >= 0.6 is 0 Å². The molecule has 3 aliphatic rings. The summed E-state index contributed by atoms with van der Waals surface area (Å²) in [7, 11) is 0. The first kappa shape index (κ1) is 16.1. The number of aliphatic imine (C=N–C) groups is 1. The van der Waals surface area contributed by atoms with Gasteiger partial charge >= 0.3 is 0 Å². The Morgan fingerprint density at radius 1 is 1.38 bits per heavy atom. The zero-order chi connectivity index (χ0) is 17.6. The van der Waals surface area contributed by atoms with Crippen LogP contribution < -0.4 is 10.6 Å². The lowest BCUT2D eigenvalue weighted by molar-refractivity contribution is -0.171.